The molecule has 9 heteroatoms. The lowest BCUT2D eigenvalue weighted by atomic mass is 9.94. The Labute approximate surface area is 175 Å². The third kappa shape index (κ3) is 4.26. The SMILES string of the molecule is Cc1c(C(=O)N(C)C2CCCCC2)sc2ncnc(NC[C@H]3CCS(=O)(=O)C3)c12. The molecule has 3 heterocycles. The minimum Gasteiger partial charge on any atom is -0.369 e. The molecule has 7 nitrogen and oxygen atoms in total. The van der Waals surface area contributed by atoms with Gasteiger partial charge >= 0.3 is 0 Å². The number of amides is 1. The molecule has 158 valence electrons. The summed E-state index contributed by atoms with van der Waals surface area (Å²) in [6.45, 7) is 2.52. The van der Waals surface area contributed by atoms with Gasteiger partial charge in [-0.25, -0.2) is 18.4 Å². The Bertz CT molecular complexity index is 1010. The van der Waals surface area contributed by atoms with Crippen molar-refractivity contribution in [2.75, 3.05) is 30.4 Å². The van der Waals surface area contributed by atoms with Gasteiger partial charge in [0.25, 0.3) is 5.91 Å². The summed E-state index contributed by atoms with van der Waals surface area (Å²) in [6, 6.07) is 0.314. The molecular weight excluding hydrogens is 408 g/mol. The predicted molar refractivity (Wildman–Crippen MR) is 116 cm³/mol. The molecule has 1 aliphatic carbocycles. The fourth-order valence-corrected chi connectivity index (χ4v) is 7.47. The topological polar surface area (TPSA) is 92.3 Å². The minimum absolute atomic E-state index is 0.0604. The molecule has 2 aliphatic rings. The number of hydrogen-bond donors (Lipinski definition) is 1. The first-order valence-electron chi connectivity index (χ1n) is 10.3. The van der Waals surface area contributed by atoms with Crippen molar-refractivity contribution < 1.29 is 13.2 Å². The van der Waals surface area contributed by atoms with Crippen molar-refractivity contribution in [1.82, 2.24) is 14.9 Å². The van der Waals surface area contributed by atoms with E-state index in [4.69, 9.17) is 0 Å². The Morgan fingerprint density at radius 1 is 1.24 bits per heavy atom. The van der Waals surface area contributed by atoms with Gasteiger partial charge in [0.05, 0.1) is 21.8 Å². The van der Waals surface area contributed by atoms with Crippen molar-refractivity contribution >= 4 is 43.1 Å². The lowest BCUT2D eigenvalue weighted by Crippen LogP contribution is -2.38. The van der Waals surface area contributed by atoms with E-state index in [-0.39, 0.29) is 23.3 Å². The second-order valence-corrected chi connectivity index (χ2v) is 11.5. The molecule has 2 aromatic heterocycles. The predicted octanol–water partition coefficient (Wildman–Crippen LogP) is 3.25. The summed E-state index contributed by atoms with van der Waals surface area (Å²) in [7, 11) is -0.989. The van der Waals surface area contributed by atoms with Crippen LogP contribution in [0.5, 0.6) is 0 Å². The maximum atomic E-state index is 13.2. The van der Waals surface area contributed by atoms with E-state index < -0.39 is 9.84 Å². The summed E-state index contributed by atoms with van der Waals surface area (Å²) in [5, 5.41) is 4.19. The Kier molecular flexibility index (Phi) is 5.79. The van der Waals surface area contributed by atoms with Crippen molar-refractivity contribution in [2.45, 2.75) is 51.5 Å². The van der Waals surface area contributed by atoms with Crippen molar-refractivity contribution in [2.24, 2.45) is 5.92 Å². The van der Waals surface area contributed by atoms with Crippen LogP contribution < -0.4 is 5.32 Å². The number of nitrogens with zero attached hydrogens (tertiary/aromatic N) is 3. The molecule has 1 saturated heterocycles. The fraction of sp³-hybridized carbons (Fsp3) is 0.650. The summed E-state index contributed by atoms with van der Waals surface area (Å²) in [5.41, 5.74) is 0.903. The molecule has 2 aromatic rings. The van der Waals surface area contributed by atoms with Crippen molar-refractivity contribution in [3.63, 3.8) is 0 Å². The maximum Gasteiger partial charge on any atom is 0.264 e. The summed E-state index contributed by atoms with van der Waals surface area (Å²) >= 11 is 1.42. The van der Waals surface area contributed by atoms with Gasteiger partial charge in [0, 0.05) is 19.6 Å². The second kappa shape index (κ2) is 8.18. The van der Waals surface area contributed by atoms with E-state index in [1.807, 2.05) is 18.9 Å². The van der Waals surface area contributed by atoms with E-state index >= 15 is 0 Å². The maximum absolute atomic E-state index is 13.2. The number of thiophene rings is 1. The highest BCUT2D eigenvalue weighted by Gasteiger charge is 2.29. The zero-order valence-electron chi connectivity index (χ0n) is 17.0. The minimum atomic E-state index is -2.90. The van der Waals surface area contributed by atoms with E-state index in [0.717, 1.165) is 33.5 Å². The lowest BCUT2D eigenvalue weighted by Gasteiger charge is -2.31. The average Bonchev–Trinajstić information content (AvgIpc) is 3.25. The van der Waals surface area contributed by atoms with E-state index in [1.165, 1.54) is 36.9 Å². The van der Waals surface area contributed by atoms with Crippen LogP contribution in [0.2, 0.25) is 0 Å². The van der Waals surface area contributed by atoms with Gasteiger partial charge in [-0.05, 0) is 37.7 Å². The van der Waals surface area contributed by atoms with Gasteiger partial charge in [0.15, 0.2) is 9.84 Å². The highest BCUT2D eigenvalue weighted by atomic mass is 32.2. The number of aromatic nitrogens is 2. The van der Waals surface area contributed by atoms with E-state index in [1.54, 1.807) is 0 Å². The molecule has 0 spiro atoms. The average molecular weight is 437 g/mol. The van der Waals surface area contributed by atoms with Crippen molar-refractivity contribution in [3.8, 4) is 0 Å². The zero-order chi connectivity index (χ0) is 20.6. The fourth-order valence-electron chi connectivity index (χ4n) is 4.48. The van der Waals surface area contributed by atoms with E-state index in [2.05, 4.69) is 15.3 Å². The van der Waals surface area contributed by atoms with Crippen LogP contribution in [0.15, 0.2) is 6.33 Å². The number of carbonyl (C=O) groups excluding carboxylic acids is 1. The molecule has 1 aliphatic heterocycles. The monoisotopic (exact) mass is 436 g/mol. The number of fused-ring (bicyclic) bond motifs is 1. The highest BCUT2D eigenvalue weighted by Crippen LogP contribution is 2.35. The van der Waals surface area contributed by atoms with Gasteiger partial charge < -0.3 is 10.2 Å². The number of hydrogen-bond acceptors (Lipinski definition) is 7. The number of aryl methyl sites for hydroxylation is 1. The highest BCUT2D eigenvalue weighted by molar-refractivity contribution is 7.91. The lowest BCUT2D eigenvalue weighted by molar-refractivity contribution is 0.0700. The molecule has 0 radical (unpaired) electrons. The Morgan fingerprint density at radius 2 is 2.00 bits per heavy atom. The third-order valence-corrected chi connectivity index (χ3v) is 9.27. The van der Waals surface area contributed by atoms with Crippen LogP contribution in [0.4, 0.5) is 5.82 Å². The standard InChI is InChI=1S/C20H28N4O3S2/c1-13-16-18(21-10-14-8-9-29(26,27)11-14)22-12-23-19(16)28-17(13)20(25)24(2)15-6-4-3-5-7-15/h12,14-15H,3-11H2,1-2H3,(H,21,22,23)/t14-/m1/s1. The molecule has 0 aromatic carbocycles. The summed E-state index contributed by atoms with van der Waals surface area (Å²) in [5.74, 6) is 1.34. The number of nitrogens with one attached hydrogen (secondary N) is 1. The van der Waals surface area contributed by atoms with Gasteiger partial charge in [-0.1, -0.05) is 19.3 Å². The Morgan fingerprint density at radius 3 is 2.69 bits per heavy atom. The van der Waals surface area contributed by atoms with Gasteiger partial charge in [-0.2, -0.15) is 0 Å². The third-order valence-electron chi connectivity index (χ3n) is 6.25. The summed E-state index contributed by atoms with van der Waals surface area (Å²) < 4.78 is 23.4. The van der Waals surface area contributed by atoms with Gasteiger partial charge in [-0.15, -0.1) is 11.3 Å². The molecule has 1 N–H and O–H groups in total. The first-order valence-corrected chi connectivity index (χ1v) is 12.9. The molecule has 29 heavy (non-hydrogen) atoms. The van der Waals surface area contributed by atoms with E-state index in [9.17, 15) is 13.2 Å². The number of carbonyl (C=O) groups is 1. The molecule has 4 rings (SSSR count). The quantitative estimate of drug-likeness (QED) is 0.773. The van der Waals surface area contributed by atoms with Gasteiger partial charge in [0.1, 0.15) is 17.0 Å². The Hall–Kier alpha value is -1.74. The first kappa shape index (κ1) is 20.5. The smallest absolute Gasteiger partial charge is 0.264 e. The largest absolute Gasteiger partial charge is 0.369 e. The van der Waals surface area contributed by atoms with Crippen molar-refractivity contribution in [3.05, 3.63) is 16.8 Å². The molecule has 1 saturated carbocycles. The number of rotatable bonds is 5. The van der Waals surface area contributed by atoms with Crippen LogP contribution in [-0.2, 0) is 9.84 Å². The molecule has 2 fully saturated rings. The van der Waals surface area contributed by atoms with E-state index in [0.29, 0.717) is 24.8 Å². The molecule has 1 atom stereocenters. The number of anilines is 1. The molecule has 1 amide bonds. The first-order chi connectivity index (χ1) is 13.9. The van der Waals surface area contributed by atoms with Crippen LogP contribution in [0.3, 0.4) is 0 Å². The van der Waals surface area contributed by atoms with Crippen LogP contribution in [0, 0.1) is 12.8 Å². The van der Waals surface area contributed by atoms with Gasteiger partial charge in [-0.3, -0.25) is 4.79 Å². The number of sulfone groups is 1. The van der Waals surface area contributed by atoms with Crippen molar-refractivity contribution in [1.29, 1.82) is 0 Å². The van der Waals surface area contributed by atoms with Crippen LogP contribution in [-0.4, -0.2) is 60.3 Å². The van der Waals surface area contributed by atoms with Crippen LogP contribution in [0.25, 0.3) is 10.2 Å². The van der Waals surface area contributed by atoms with Crippen LogP contribution in [0.1, 0.15) is 53.8 Å². The normalized spacial score (nSPS) is 22.1. The molecular formula is C20H28N4O3S2. The molecule has 0 unspecified atom stereocenters. The zero-order valence-corrected chi connectivity index (χ0v) is 18.6. The van der Waals surface area contributed by atoms with Crippen LogP contribution >= 0.6 is 11.3 Å². The summed E-state index contributed by atoms with van der Waals surface area (Å²) in [6.07, 6.45) is 7.96. The Balaban J connectivity index is 1.55. The second-order valence-electron chi connectivity index (χ2n) is 8.32. The summed E-state index contributed by atoms with van der Waals surface area (Å²) in [4.78, 5) is 25.4. The van der Waals surface area contributed by atoms with Gasteiger partial charge in [0.2, 0.25) is 0 Å². The molecule has 0 bridgehead atoms.